The van der Waals surface area contributed by atoms with Crippen molar-refractivity contribution in [2.75, 3.05) is 26.9 Å². The summed E-state index contributed by atoms with van der Waals surface area (Å²) in [7, 11) is 1.57. The van der Waals surface area contributed by atoms with Gasteiger partial charge in [0, 0.05) is 22.7 Å². The van der Waals surface area contributed by atoms with Gasteiger partial charge in [-0.25, -0.2) is 0 Å². The zero-order valence-electron chi connectivity index (χ0n) is 19.4. The summed E-state index contributed by atoms with van der Waals surface area (Å²) in [6.07, 6.45) is 1.94. The third kappa shape index (κ3) is 4.19. The number of aryl methyl sites for hydroxylation is 1. The molecule has 3 aromatic rings. The number of ether oxygens (including phenoxy) is 2. The van der Waals surface area contributed by atoms with E-state index in [1.165, 1.54) is 0 Å². The van der Waals surface area contributed by atoms with Crippen molar-refractivity contribution in [3.63, 3.8) is 0 Å². The van der Waals surface area contributed by atoms with Crippen molar-refractivity contribution in [3.8, 4) is 28.5 Å². The number of rotatable bonds is 9. The van der Waals surface area contributed by atoms with Gasteiger partial charge in [-0.05, 0) is 48.7 Å². The number of hydrogen-bond acceptors (Lipinski definition) is 6. The minimum Gasteiger partial charge on any atom is -0.507 e. The van der Waals surface area contributed by atoms with Crippen LogP contribution in [0.4, 0.5) is 0 Å². The Hall–Kier alpha value is -3.23. The number of aromatic nitrogens is 2. The molecule has 8 nitrogen and oxygen atoms in total. The molecule has 1 aromatic heterocycles. The Balaban J connectivity index is 1.83. The second kappa shape index (κ2) is 9.95. The smallest absolute Gasteiger partial charge is 0.273 e. The Bertz CT molecular complexity index is 1210. The van der Waals surface area contributed by atoms with Gasteiger partial charge in [0.25, 0.3) is 5.91 Å². The van der Waals surface area contributed by atoms with Crippen molar-refractivity contribution in [3.05, 3.63) is 57.7 Å². The molecule has 180 valence electrons. The summed E-state index contributed by atoms with van der Waals surface area (Å²) >= 11 is 6.33. The number of aliphatic hydroxyl groups excluding tert-OH is 1. The first kappa shape index (κ1) is 23.9. The first-order valence-corrected chi connectivity index (χ1v) is 11.6. The molecule has 1 aliphatic rings. The molecule has 1 atom stereocenters. The molecule has 0 bridgehead atoms. The minimum absolute atomic E-state index is 0.0141. The largest absolute Gasteiger partial charge is 0.507 e. The third-order valence-electron chi connectivity index (χ3n) is 6.00. The molecule has 0 saturated heterocycles. The zero-order chi connectivity index (χ0) is 24.4. The lowest BCUT2D eigenvalue weighted by atomic mass is 9.95. The number of phenols is 1. The number of aliphatic hydroxyl groups is 1. The standard InChI is InChI=1S/C25H28ClN3O5/c1-4-5-10-34-19-7-6-15(12-20(19)33-3)24-21-22(16-13-17(26)14(2)11-18(16)31)27-28-23(21)25(32)29(24)8-9-30/h6-7,11-13,24,30-31H,4-5,8-10H2,1-3H3,(H,27,28). The summed E-state index contributed by atoms with van der Waals surface area (Å²) in [5, 5.41) is 28.0. The van der Waals surface area contributed by atoms with Crippen molar-refractivity contribution < 1.29 is 24.5 Å². The van der Waals surface area contributed by atoms with Crippen LogP contribution in [-0.2, 0) is 0 Å². The van der Waals surface area contributed by atoms with Crippen LogP contribution in [0.5, 0.6) is 17.2 Å². The first-order chi connectivity index (χ1) is 16.4. The van der Waals surface area contributed by atoms with Crippen LogP contribution >= 0.6 is 11.6 Å². The number of amides is 1. The molecule has 2 heterocycles. The number of methoxy groups -OCH3 is 1. The molecular formula is C25H28ClN3O5. The molecule has 0 spiro atoms. The normalized spacial score (nSPS) is 15.0. The van der Waals surface area contributed by atoms with Crippen LogP contribution < -0.4 is 9.47 Å². The number of phenolic OH excluding ortho intramolecular Hbond substituents is 1. The number of fused-ring (bicyclic) bond motifs is 1. The molecule has 0 fully saturated rings. The van der Waals surface area contributed by atoms with Gasteiger partial charge in [0.1, 0.15) is 17.1 Å². The first-order valence-electron chi connectivity index (χ1n) is 11.2. The van der Waals surface area contributed by atoms with Gasteiger partial charge >= 0.3 is 0 Å². The molecule has 1 amide bonds. The number of halogens is 1. The van der Waals surface area contributed by atoms with Gasteiger partial charge in [-0.15, -0.1) is 0 Å². The van der Waals surface area contributed by atoms with Crippen LogP contribution in [-0.4, -0.2) is 58.1 Å². The van der Waals surface area contributed by atoms with Crippen LogP contribution in [0, 0.1) is 6.92 Å². The van der Waals surface area contributed by atoms with E-state index in [1.807, 2.05) is 18.2 Å². The summed E-state index contributed by atoms with van der Waals surface area (Å²) in [4.78, 5) is 14.8. The average molecular weight is 486 g/mol. The monoisotopic (exact) mass is 485 g/mol. The topological polar surface area (TPSA) is 108 Å². The number of aromatic hydroxyl groups is 1. The van der Waals surface area contributed by atoms with Gasteiger partial charge in [-0.3, -0.25) is 9.89 Å². The number of nitrogens with one attached hydrogen (secondary N) is 1. The zero-order valence-corrected chi connectivity index (χ0v) is 20.1. The van der Waals surface area contributed by atoms with Crippen molar-refractivity contribution in [2.45, 2.75) is 32.7 Å². The van der Waals surface area contributed by atoms with E-state index in [9.17, 15) is 15.0 Å². The lowest BCUT2D eigenvalue weighted by molar-refractivity contribution is 0.0706. The molecule has 0 saturated carbocycles. The van der Waals surface area contributed by atoms with Gasteiger partial charge < -0.3 is 24.6 Å². The molecule has 1 aliphatic heterocycles. The number of aromatic amines is 1. The maximum Gasteiger partial charge on any atom is 0.273 e. The van der Waals surface area contributed by atoms with Crippen molar-refractivity contribution >= 4 is 17.5 Å². The van der Waals surface area contributed by atoms with E-state index >= 15 is 0 Å². The highest BCUT2D eigenvalue weighted by Crippen LogP contribution is 2.46. The van der Waals surface area contributed by atoms with Crippen LogP contribution in [0.2, 0.25) is 5.02 Å². The van der Waals surface area contributed by atoms with E-state index in [0.29, 0.717) is 45.6 Å². The molecule has 4 rings (SSSR count). The number of carbonyl (C=O) groups excluding carboxylic acids is 1. The number of hydrogen-bond donors (Lipinski definition) is 3. The average Bonchev–Trinajstić information content (AvgIpc) is 3.36. The highest BCUT2D eigenvalue weighted by Gasteiger charge is 2.42. The lowest BCUT2D eigenvalue weighted by Gasteiger charge is -2.26. The Morgan fingerprint density at radius 2 is 2.03 bits per heavy atom. The SMILES string of the molecule is CCCCOc1ccc(C2c3c(-c4cc(Cl)c(C)cc4O)n[nH]c3C(=O)N2CCO)cc1OC. The number of nitrogens with zero attached hydrogens (tertiary/aromatic N) is 2. The molecular weight excluding hydrogens is 458 g/mol. The minimum atomic E-state index is -0.554. The molecule has 0 radical (unpaired) electrons. The van der Waals surface area contributed by atoms with Gasteiger partial charge in [0.15, 0.2) is 11.5 Å². The number of β-amino-alcohol motifs (C(OH)–C–C–N with tert-alkyl or cyclic N) is 1. The summed E-state index contributed by atoms with van der Waals surface area (Å²) in [6, 6.07) is 8.19. The predicted octanol–water partition coefficient (Wildman–Crippen LogP) is 4.47. The number of unbranched alkanes of at least 4 members (excludes halogenated alkanes) is 1. The lowest BCUT2D eigenvalue weighted by Crippen LogP contribution is -2.32. The summed E-state index contributed by atoms with van der Waals surface area (Å²) in [5.41, 5.74) is 3.26. The highest BCUT2D eigenvalue weighted by atomic mass is 35.5. The fraction of sp³-hybridized carbons (Fsp3) is 0.360. The molecule has 3 N–H and O–H groups in total. The second-order valence-corrected chi connectivity index (χ2v) is 8.62. The fourth-order valence-electron chi connectivity index (χ4n) is 4.24. The van der Waals surface area contributed by atoms with Crippen LogP contribution in [0.15, 0.2) is 30.3 Å². The van der Waals surface area contributed by atoms with Crippen LogP contribution in [0.3, 0.4) is 0 Å². The number of benzene rings is 2. The Morgan fingerprint density at radius 3 is 2.74 bits per heavy atom. The van der Waals surface area contributed by atoms with Crippen molar-refractivity contribution in [1.82, 2.24) is 15.1 Å². The van der Waals surface area contributed by atoms with Gasteiger partial charge in [-0.1, -0.05) is 31.0 Å². The Kier molecular flexibility index (Phi) is 7.00. The molecule has 9 heteroatoms. The van der Waals surface area contributed by atoms with Crippen LogP contribution in [0.1, 0.15) is 53.0 Å². The summed E-state index contributed by atoms with van der Waals surface area (Å²) < 4.78 is 11.4. The summed E-state index contributed by atoms with van der Waals surface area (Å²) in [5.74, 6) is 0.894. The molecule has 34 heavy (non-hydrogen) atoms. The third-order valence-corrected chi connectivity index (χ3v) is 6.40. The summed E-state index contributed by atoms with van der Waals surface area (Å²) in [6.45, 7) is 4.39. The predicted molar refractivity (Wildman–Crippen MR) is 129 cm³/mol. The highest BCUT2D eigenvalue weighted by molar-refractivity contribution is 6.31. The van der Waals surface area contributed by atoms with E-state index in [2.05, 4.69) is 17.1 Å². The van der Waals surface area contributed by atoms with Crippen LogP contribution in [0.25, 0.3) is 11.3 Å². The van der Waals surface area contributed by atoms with E-state index in [4.69, 9.17) is 21.1 Å². The van der Waals surface area contributed by atoms with Gasteiger partial charge in [0.2, 0.25) is 0 Å². The van der Waals surface area contributed by atoms with E-state index in [0.717, 1.165) is 24.0 Å². The van der Waals surface area contributed by atoms with E-state index < -0.39 is 6.04 Å². The van der Waals surface area contributed by atoms with Gasteiger partial charge in [-0.2, -0.15) is 5.10 Å². The van der Waals surface area contributed by atoms with Crippen molar-refractivity contribution in [2.24, 2.45) is 0 Å². The molecule has 1 unspecified atom stereocenters. The molecule has 2 aromatic carbocycles. The number of carbonyl (C=O) groups is 1. The Labute approximate surface area is 203 Å². The van der Waals surface area contributed by atoms with E-state index in [-0.39, 0.29) is 24.8 Å². The van der Waals surface area contributed by atoms with E-state index in [1.54, 1.807) is 31.1 Å². The van der Waals surface area contributed by atoms with Gasteiger partial charge in [0.05, 0.1) is 26.4 Å². The fourth-order valence-corrected chi connectivity index (χ4v) is 4.41. The maximum atomic E-state index is 13.2. The number of H-pyrrole nitrogens is 1. The second-order valence-electron chi connectivity index (χ2n) is 8.22. The van der Waals surface area contributed by atoms with Crippen molar-refractivity contribution in [1.29, 1.82) is 0 Å². The maximum absolute atomic E-state index is 13.2. The molecule has 0 aliphatic carbocycles. The Morgan fingerprint density at radius 1 is 1.24 bits per heavy atom. The quantitative estimate of drug-likeness (QED) is 0.386.